The number of alkyl halides is 3. The Hall–Kier alpha value is -1.24. The first kappa shape index (κ1) is 11.8. The van der Waals surface area contributed by atoms with Gasteiger partial charge >= 0.3 is 5.25 Å². The predicted molar refractivity (Wildman–Crippen MR) is 49.0 cm³/mol. The van der Waals surface area contributed by atoms with Gasteiger partial charge < -0.3 is 5.73 Å². The van der Waals surface area contributed by atoms with Gasteiger partial charge in [-0.15, -0.1) is 0 Å². The van der Waals surface area contributed by atoms with Gasteiger partial charge in [-0.05, 0) is 18.2 Å². The molecule has 0 fully saturated rings. The molecule has 84 valence electrons. The van der Waals surface area contributed by atoms with Gasteiger partial charge in [0.15, 0.2) is 6.67 Å². The minimum atomic E-state index is -5.00. The molecular formula is C8H8F3NO2S. The molecule has 7 heteroatoms. The van der Waals surface area contributed by atoms with Gasteiger partial charge in [0.25, 0.3) is 0 Å². The number of anilines is 1. The molecule has 0 heterocycles. The summed E-state index contributed by atoms with van der Waals surface area (Å²) in [4.78, 5) is -0.690. The van der Waals surface area contributed by atoms with Crippen molar-refractivity contribution in [3.05, 3.63) is 24.3 Å². The predicted octanol–water partition coefficient (Wildman–Crippen LogP) is 1.60. The molecule has 0 bridgehead atoms. The second-order valence-electron chi connectivity index (χ2n) is 2.85. The molecule has 0 aliphatic heterocycles. The minimum Gasteiger partial charge on any atom is -0.399 e. The van der Waals surface area contributed by atoms with Crippen LogP contribution in [0.25, 0.3) is 0 Å². The number of nitrogen functional groups attached to an aromatic ring is 1. The number of rotatable bonds is 3. The Morgan fingerprint density at radius 3 is 2.40 bits per heavy atom. The van der Waals surface area contributed by atoms with Crippen LogP contribution in [-0.4, -0.2) is 20.3 Å². The molecule has 3 nitrogen and oxygen atoms in total. The third-order valence-electron chi connectivity index (χ3n) is 1.72. The van der Waals surface area contributed by atoms with Gasteiger partial charge in [0.05, 0.1) is 4.90 Å². The standard InChI is InChI=1S/C8H8F3NO2S/c9-5-8(10,11)15(13,14)7-3-1-2-6(12)4-7/h1-4H,5,12H2. The molecule has 0 spiro atoms. The Labute approximate surface area is 84.6 Å². The lowest BCUT2D eigenvalue weighted by Gasteiger charge is -2.13. The second kappa shape index (κ2) is 3.73. The Balaban J connectivity index is 3.30. The Kier molecular flexibility index (Phi) is 2.94. The van der Waals surface area contributed by atoms with Crippen LogP contribution >= 0.6 is 0 Å². The van der Waals surface area contributed by atoms with Crippen LogP contribution in [-0.2, 0) is 9.84 Å². The molecule has 0 amide bonds. The zero-order valence-electron chi connectivity index (χ0n) is 7.45. The van der Waals surface area contributed by atoms with Crippen molar-refractivity contribution in [1.82, 2.24) is 0 Å². The maximum absolute atomic E-state index is 12.7. The van der Waals surface area contributed by atoms with Crippen molar-refractivity contribution in [1.29, 1.82) is 0 Å². The third-order valence-corrected chi connectivity index (χ3v) is 3.49. The Morgan fingerprint density at radius 1 is 1.33 bits per heavy atom. The molecule has 15 heavy (non-hydrogen) atoms. The molecule has 1 aromatic carbocycles. The number of hydrogen-bond acceptors (Lipinski definition) is 3. The fourth-order valence-electron chi connectivity index (χ4n) is 0.926. The molecule has 0 aliphatic rings. The highest BCUT2D eigenvalue weighted by molar-refractivity contribution is 7.92. The zero-order valence-corrected chi connectivity index (χ0v) is 8.27. The van der Waals surface area contributed by atoms with Crippen molar-refractivity contribution >= 4 is 15.5 Å². The molecule has 1 aromatic rings. The van der Waals surface area contributed by atoms with E-state index in [4.69, 9.17) is 5.73 Å². The lowest BCUT2D eigenvalue weighted by molar-refractivity contribution is 0.0620. The molecule has 0 aliphatic carbocycles. The van der Waals surface area contributed by atoms with Crippen molar-refractivity contribution in [2.24, 2.45) is 0 Å². The van der Waals surface area contributed by atoms with Crippen LogP contribution < -0.4 is 5.73 Å². The quantitative estimate of drug-likeness (QED) is 0.815. The minimum absolute atomic E-state index is 0.0192. The first-order valence-corrected chi connectivity index (χ1v) is 5.33. The molecule has 0 radical (unpaired) electrons. The summed E-state index contributed by atoms with van der Waals surface area (Å²) in [5, 5.41) is -4.42. The van der Waals surface area contributed by atoms with Crippen LogP contribution in [0.1, 0.15) is 0 Å². The van der Waals surface area contributed by atoms with Crippen molar-refractivity contribution < 1.29 is 21.6 Å². The summed E-state index contributed by atoms with van der Waals surface area (Å²) in [6.07, 6.45) is 0. The van der Waals surface area contributed by atoms with Gasteiger partial charge in [0, 0.05) is 5.69 Å². The SMILES string of the molecule is Nc1cccc(S(=O)(=O)C(F)(F)CF)c1. The van der Waals surface area contributed by atoms with Crippen molar-refractivity contribution in [3.63, 3.8) is 0 Å². The summed E-state index contributed by atoms with van der Waals surface area (Å²) in [7, 11) is -5.00. The number of halogens is 3. The lowest BCUT2D eigenvalue weighted by atomic mass is 10.3. The maximum atomic E-state index is 12.7. The van der Waals surface area contributed by atoms with E-state index in [0.717, 1.165) is 12.1 Å². The highest BCUT2D eigenvalue weighted by Crippen LogP contribution is 2.30. The molecule has 1 rings (SSSR count). The smallest absolute Gasteiger partial charge is 0.377 e. The van der Waals surface area contributed by atoms with Gasteiger partial charge in [-0.25, -0.2) is 12.8 Å². The van der Waals surface area contributed by atoms with E-state index in [1.165, 1.54) is 12.1 Å². The van der Waals surface area contributed by atoms with E-state index in [1.54, 1.807) is 0 Å². The summed E-state index contributed by atoms with van der Waals surface area (Å²) in [6, 6.07) is 4.34. The molecule has 2 N–H and O–H groups in total. The van der Waals surface area contributed by atoms with Crippen LogP contribution in [0.4, 0.5) is 18.9 Å². The number of nitrogens with two attached hydrogens (primary N) is 1. The van der Waals surface area contributed by atoms with Gasteiger partial charge in [0.2, 0.25) is 9.84 Å². The van der Waals surface area contributed by atoms with Crippen molar-refractivity contribution in [2.75, 3.05) is 12.4 Å². The van der Waals surface area contributed by atoms with Crippen molar-refractivity contribution in [3.8, 4) is 0 Å². The van der Waals surface area contributed by atoms with Gasteiger partial charge in [-0.2, -0.15) is 8.78 Å². The monoisotopic (exact) mass is 239 g/mol. The molecule has 0 atom stereocenters. The normalized spacial score (nSPS) is 12.7. The van der Waals surface area contributed by atoms with E-state index < -0.39 is 26.7 Å². The Morgan fingerprint density at radius 2 is 1.93 bits per heavy atom. The fourth-order valence-corrected chi connectivity index (χ4v) is 1.96. The number of hydrogen-bond donors (Lipinski definition) is 1. The van der Waals surface area contributed by atoms with Crippen LogP contribution in [0.2, 0.25) is 0 Å². The molecular weight excluding hydrogens is 231 g/mol. The first-order valence-electron chi connectivity index (χ1n) is 3.85. The van der Waals surface area contributed by atoms with E-state index in [0.29, 0.717) is 0 Å². The summed E-state index contributed by atoms with van der Waals surface area (Å²) in [5.41, 5.74) is 5.26. The fraction of sp³-hybridized carbons (Fsp3) is 0.250. The summed E-state index contributed by atoms with van der Waals surface area (Å²) < 4.78 is 59.8. The van der Waals surface area contributed by atoms with E-state index in [-0.39, 0.29) is 5.69 Å². The first-order chi connectivity index (χ1) is 6.81. The average molecular weight is 239 g/mol. The van der Waals surface area contributed by atoms with Gasteiger partial charge in [-0.3, -0.25) is 0 Å². The van der Waals surface area contributed by atoms with E-state index in [1.807, 2.05) is 0 Å². The maximum Gasteiger partial charge on any atom is 0.377 e. The number of benzene rings is 1. The molecule has 0 saturated carbocycles. The van der Waals surface area contributed by atoms with Gasteiger partial charge in [0.1, 0.15) is 0 Å². The van der Waals surface area contributed by atoms with Crippen LogP contribution in [0, 0.1) is 0 Å². The van der Waals surface area contributed by atoms with Gasteiger partial charge in [-0.1, -0.05) is 6.07 Å². The van der Waals surface area contributed by atoms with E-state index in [9.17, 15) is 21.6 Å². The second-order valence-corrected chi connectivity index (χ2v) is 4.92. The molecule has 0 aromatic heterocycles. The Bertz CT molecular complexity index is 459. The zero-order chi connectivity index (χ0) is 11.7. The highest BCUT2D eigenvalue weighted by atomic mass is 32.2. The van der Waals surface area contributed by atoms with Crippen LogP contribution in [0.15, 0.2) is 29.2 Å². The third kappa shape index (κ3) is 2.06. The van der Waals surface area contributed by atoms with E-state index in [2.05, 4.69) is 0 Å². The molecule has 0 saturated heterocycles. The average Bonchev–Trinajstić information content (AvgIpc) is 2.17. The highest BCUT2D eigenvalue weighted by Gasteiger charge is 2.46. The summed E-state index contributed by atoms with van der Waals surface area (Å²) in [6.45, 7) is -2.26. The summed E-state index contributed by atoms with van der Waals surface area (Å²) in [5.74, 6) is 0. The van der Waals surface area contributed by atoms with Crippen molar-refractivity contribution in [2.45, 2.75) is 10.2 Å². The lowest BCUT2D eigenvalue weighted by Crippen LogP contribution is -2.31. The topological polar surface area (TPSA) is 60.2 Å². The summed E-state index contributed by atoms with van der Waals surface area (Å²) >= 11 is 0. The van der Waals surface area contributed by atoms with E-state index >= 15 is 0 Å². The van der Waals surface area contributed by atoms with Crippen LogP contribution in [0.5, 0.6) is 0 Å². The molecule has 0 unspecified atom stereocenters. The van der Waals surface area contributed by atoms with Crippen LogP contribution in [0.3, 0.4) is 0 Å². The number of sulfone groups is 1. The largest absolute Gasteiger partial charge is 0.399 e.